The average Bonchev–Trinajstić information content (AvgIpc) is 4.10. The fourth-order valence-electron chi connectivity index (χ4n) is 10.9. The van der Waals surface area contributed by atoms with Crippen LogP contribution < -0.4 is 0 Å². The van der Waals surface area contributed by atoms with Crippen LogP contribution in [0.4, 0.5) is 0 Å². The van der Waals surface area contributed by atoms with Crippen molar-refractivity contribution in [2.24, 2.45) is 0 Å². The van der Waals surface area contributed by atoms with Crippen molar-refractivity contribution in [2.75, 3.05) is 0 Å². The Bertz CT molecular complexity index is 3900. The quantitative estimate of drug-likeness (QED) is 0.165. The number of benzene rings is 6. The summed E-state index contributed by atoms with van der Waals surface area (Å²) in [6, 6.07) is 44.8. The molecule has 0 fully saturated rings. The normalized spacial score (nSPS) is 15.3. The van der Waals surface area contributed by atoms with E-state index in [9.17, 15) is 0 Å². The molecule has 0 N–H and O–H groups in total. The topological polar surface area (TPSA) is 71.0 Å². The molecule has 0 radical (unpaired) electrons. The van der Waals surface area contributed by atoms with Crippen LogP contribution in [-0.4, -0.2) is 33.1 Å². The monoisotopic (exact) mass is 1010 g/mol. The van der Waals surface area contributed by atoms with Crippen LogP contribution in [0.15, 0.2) is 126 Å². The Morgan fingerprint density at radius 2 is 1.41 bits per heavy atom. The molecule has 9 heteroatoms. The average molecular weight is 1010 g/mol. The first-order valence-corrected chi connectivity index (χ1v) is 21.8. The molecule has 0 amide bonds. The summed E-state index contributed by atoms with van der Waals surface area (Å²) in [6.07, 6.45) is 5.99. The maximum atomic E-state index is 7.08. The number of pyridine rings is 1. The summed E-state index contributed by atoms with van der Waals surface area (Å²) in [4.78, 5) is 15.5. The molecule has 0 saturated heterocycles. The van der Waals surface area contributed by atoms with Crippen LogP contribution in [0, 0.1) is 32.9 Å². The van der Waals surface area contributed by atoms with Crippen molar-refractivity contribution in [2.45, 2.75) is 65.8 Å². The number of hydrogen-bond donors (Lipinski definition) is 0. The summed E-state index contributed by atoms with van der Waals surface area (Å²) in [5, 5.41) is 4.37. The largest absolute Gasteiger partial charge is 2.00 e. The van der Waals surface area contributed by atoms with Crippen molar-refractivity contribution in [3.63, 3.8) is 0 Å². The molecule has 1 aliphatic rings. The van der Waals surface area contributed by atoms with Gasteiger partial charge in [0.25, 0.3) is 0 Å². The molecule has 2 unspecified atom stereocenters. The zero-order valence-electron chi connectivity index (χ0n) is 36.6. The molecule has 6 aromatic heterocycles. The molecule has 13 rings (SSSR count). The zero-order valence-corrected chi connectivity index (χ0v) is 38.8. The van der Waals surface area contributed by atoms with Gasteiger partial charge in [-0.1, -0.05) is 99.9 Å². The van der Waals surface area contributed by atoms with Crippen molar-refractivity contribution >= 4 is 71.6 Å². The minimum atomic E-state index is -0.0811. The second-order valence-corrected chi connectivity index (χ2v) is 18.6. The van der Waals surface area contributed by atoms with E-state index >= 15 is 0 Å². The molecule has 64 heavy (non-hydrogen) atoms. The van der Waals surface area contributed by atoms with E-state index < -0.39 is 0 Å². The van der Waals surface area contributed by atoms with Gasteiger partial charge >= 0.3 is 21.1 Å². The first-order chi connectivity index (χ1) is 30.6. The summed E-state index contributed by atoms with van der Waals surface area (Å²) in [6.45, 7) is 15.7. The Kier molecular flexibility index (Phi) is 8.27. The molecule has 6 aromatic carbocycles. The summed E-state index contributed by atoms with van der Waals surface area (Å²) >= 11 is 0. The van der Waals surface area contributed by atoms with Crippen LogP contribution in [0.5, 0.6) is 0 Å². The molecular formula is C55H43N7OPt. The minimum absolute atomic E-state index is 0. The Hall–Kier alpha value is -6.76. The molecule has 2 atom stereocenters. The second kappa shape index (κ2) is 13.6. The Labute approximate surface area is 384 Å². The number of hydrogen-bond acceptors (Lipinski definition) is 4. The van der Waals surface area contributed by atoms with Gasteiger partial charge in [-0.3, -0.25) is 9.55 Å². The number of para-hydroxylation sites is 3. The molecule has 314 valence electrons. The van der Waals surface area contributed by atoms with Gasteiger partial charge in [-0.15, -0.1) is 34.7 Å². The fourth-order valence-corrected chi connectivity index (χ4v) is 10.9. The van der Waals surface area contributed by atoms with Crippen LogP contribution in [-0.2, 0) is 26.5 Å². The third-order valence-corrected chi connectivity index (χ3v) is 13.8. The number of fused-ring (bicyclic) bond motifs is 15. The number of furan rings is 1. The van der Waals surface area contributed by atoms with Crippen LogP contribution in [0.3, 0.4) is 0 Å². The van der Waals surface area contributed by atoms with E-state index in [1.807, 2.05) is 12.4 Å². The van der Waals surface area contributed by atoms with Crippen LogP contribution >= 0.6 is 0 Å². The maximum absolute atomic E-state index is 7.08. The molecule has 0 aliphatic carbocycles. The first kappa shape index (κ1) is 38.9. The van der Waals surface area contributed by atoms with Gasteiger partial charge in [0.2, 0.25) is 5.78 Å². The van der Waals surface area contributed by atoms with Crippen LogP contribution in [0.2, 0.25) is 0 Å². The summed E-state index contributed by atoms with van der Waals surface area (Å²) in [7, 11) is 0. The van der Waals surface area contributed by atoms with E-state index in [0.29, 0.717) is 0 Å². The van der Waals surface area contributed by atoms with Gasteiger partial charge in [-0.25, -0.2) is 9.97 Å². The molecule has 1 aliphatic heterocycles. The summed E-state index contributed by atoms with van der Waals surface area (Å²) in [5.41, 5.74) is 16.6. The zero-order chi connectivity index (χ0) is 42.6. The molecule has 0 saturated carbocycles. The molecule has 12 aromatic rings. The van der Waals surface area contributed by atoms with Gasteiger partial charge in [-0.05, 0) is 112 Å². The Morgan fingerprint density at radius 1 is 0.672 bits per heavy atom. The molecule has 8 nitrogen and oxygen atoms in total. The third kappa shape index (κ3) is 5.17. The number of aromatic nitrogens is 7. The summed E-state index contributed by atoms with van der Waals surface area (Å²) < 4.78 is 16.2. The smallest absolute Gasteiger partial charge is 0.498 e. The minimum Gasteiger partial charge on any atom is -0.498 e. The first-order valence-electron chi connectivity index (χ1n) is 21.8. The van der Waals surface area contributed by atoms with Crippen molar-refractivity contribution in [1.29, 1.82) is 0 Å². The van der Waals surface area contributed by atoms with Gasteiger partial charge in [-0.2, -0.15) is 0 Å². The molecule has 0 spiro atoms. The Morgan fingerprint density at radius 3 is 2.22 bits per heavy atom. The molecular weight excluding hydrogens is 970 g/mol. The van der Waals surface area contributed by atoms with E-state index in [1.165, 1.54) is 27.8 Å². The molecule has 7 heterocycles. The number of rotatable bonds is 3. The van der Waals surface area contributed by atoms with Gasteiger partial charge in [0.05, 0.1) is 28.5 Å². The number of nitrogens with zero attached hydrogens (tertiary/aromatic N) is 7. The number of aryl methyl sites for hydroxylation is 3. The third-order valence-electron chi connectivity index (χ3n) is 13.8. The van der Waals surface area contributed by atoms with Gasteiger partial charge in [0, 0.05) is 35.2 Å². The van der Waals surface area contributed by atoms with Crippen molar-refractivity contribution in [3.05, 3.63) is 167 Å². The number of imidazole rings is 3. The summed E-state index contributed by atoms with van der Waals surface area (Å²) in [5.74, 6) is 2.58. The van der Waals surface area contributed by atoms with Crippen LogP contribution in [0.1, 0.15) is 73.0 Å². The van der Waals surface area contributed by atoms with E-state index in [1.54, 1.807) is 0 Å². The van der Waals surface area contributed by atoms with E-state index in [2.05, 4.69) is 188 Å². The van der Waals surface area contributed by atoms with Gasteiger partial charge < -0.3 is 18.0 Å². The van der Waals surface area contributed by atoms with Gasteiger partial charge in [0.1, 0.15) is 11.4 Å². The van der Waals surface area contributed by atoms with E-state index in [-0.39, 0.29) is 38.4 Å². The second-order valence-electron chi connectivity index (χ2n) is 18.6. The van der Waals surface area contributed by atoms with Crippen molar-refractivity contribution in [3.8, 4) is 22.9 Å². The van der Waals surface area contributed by atoms with E-state index in [4.69, 9.17) is 19.4 Å². The Balaban J connectivity index is 0.00000433. The SMILES string of the molecule is Cc1cccc(C)c1C1C(C)c2c([c-]c(-n3c4[c-]c5c(cc4c4ccccc43)n3c4cccc(C)c4nc3n5-c3cc(C(C)(C)C)ccn3)c3oc4ccccc4c23)-c2nccn21.[Pt+2]. The predicted molar refractivity (Wildman–Crippen MR) is 254 cm³/mol. The predicted octanol–water partition coefficient (Wildman–Crippen LogP) is 13.2. The van der Waals surface area contributed by atoms with E-state index in [0.717, 1.165) is 100 Å². The fraction of sp³-hybridized carbons (Fsp3) is 0.182. The standard InChI is InChI=1S/C55H43N7O.Pt/c1-30-14-12-15-31(2)47(30)51-33(4)48-38(53-57-24-25-59(51)53)28-44(52-49(48)36-18-9-11-21-45(36)63-52)60-39-19-10-8-17-35(39)37-27-42-43(29-41(37)60)62(46-26-34(22-23-56-46)55(5,6)7)54-58-50-32(3)16-13-20-40(50)61(42)54;/h8-27,33,51H,1-7H3;/q-2;+2. The van der Waals surface area contributed by atoms with Crippen molar-refractivity contribution < 1.29 is 25.5 Å². The molecule has 0 bridgehead atoms. The van der Waals surface area contributed by atoms with Gasteiger partial charge in [0.15, 0.2) is 0 Å². The van der Waals surface area contributed by atoms with Crippen molar-refractivity contribution in [1.82, 2.24) is 33.1 Å². The maximum Gasteiger partial charge on any atom is 2.00 e. The van der Waals surface area contributed by atoms with Crippen LogP contribution in [0.25, 0.3) is 94.5 Å².